The van der Waals surface area contributed by atoms with Gasteiger partial charge in [0.05, 0.1) is 0 Å². The van der Waals surface area contributed by atoms with E-state index < -0.39 is 13.5 Å². The Morgan fingerprint density at radius 1 is 0.638 bits per heavy atom. The van der Waals surface area contributed by atoms with Crippen LogP contribution in [0.4, 0.5) is 11.4 Å². The summed E-state index contributed by atoms with van der Waals surface area (Å²) in [6.45, 7) is 24.1. The first-order valence-corrected chi connectivity index (χ1v) is 21.9. The number of hydrogen-bond donors (Lipinski definition) is 0. The maximum absolute atomic E-state index is 5.94. The fraction of sp³-hybridized carbons (Fsp3) is 0.400. The van der Waals surface area contributed by atoms with Crippen LogP contribution in [-0.4, -0.2) is 31.9 Å². The third-order valence-electron chi connectivity index (χ3n) is 8.59. The summed E-state index contributed by atoms with van der Waals surface area (Å²) in [4.78, 5) is 4.76. The van der Waals surface area contributed by atoms with Gasteiger partial charge in [0.15, 0.2) is 0 Å². The monoisotopic (exact) mass is 762 g/mol. The molecule has 0 atom stereocenters. The second kappa shape index (κ2) is 16.7. The van der Waals surface area contributed by atoms with Gasteiger partial charge in [-0.3, -0.25) is 0 Å². The number of ether oxygens (including phenoxy) is 2. The van der Waals surface area contributed by atoms with E-state index in [0.29, 0.717) is 35.2 Å². The van der Waals surface area contributed by atoms with E-state index in [9.17, 15) is 0 Å². The Bertz CT molecular complexity index is 1570. The van der Waals surface area contributed by atoms with Crippen LogP contribution in [0.3, 0.4) is 0 Å². The van der Waals surface area contributed by atoms with Crippen LogP contribution in [0.2, 0.25) is 0 Å². The van der Waals surface area contributed by atoms with E-state index >= 15 is 0 Å². The molecule has 1 aliphatic heterocycles. The molecule has 0 N–H and O–H groups in total. The predicted octanol–water partition coefficient (Wildman–Crippen LogP) is 11.4. The minimum absolute atomic E-state index is 0.494. The molecule has 0 spiro atoms. The summed E-state index contributed by atoms with van der Waals surface area (Å²) < 4.78 is 12.7. The van der Waals surface area contributed by atoms with Gasteiger partial charge in [0, 0.05) is 24.5 Å². The summed E-state index contributed by atoms with van der Waals surface area (Å²) in [5.41, 5.74) is 9.32. The molecule has 47 heavy (non-hydrogen) atoms. The number of anilines is 2. The standard InChI is InChI=1S/C27H38N2.C13H12O2.2ClH.Ru/c1-18(2)22-11-9-12-23(19(3)4)26(22)28-15-16-29(17-28)27-24(20(5)6)13-10-14-25(27)21(7)8;1-9-8-10-6-4-5-7-11(10)13(15-3)12(9)14-2;;;/h9-14,18-21H,15-16H2,1-8H3;1,4-8H,2-3H3;2*1H;/q;;;;+2/p-2. The van der Waals surface area contributed by atoms with Crippen LogP contribution in [0.15, 0.2) is 66.7 Å². The fourth-order valence-corrected chi connectivity index (χ4v) is 8.07. The molecular formula is C40H50Cl2N2O2Ru. The number of benzene rings is 4. The molecule has 4 aromatic rings. The second-order valence-corrected chi connectivity index (χ2v) is 18.9. The summed E-state index contributed by atoms with van der Waals surface area (Å²) in [5.74, 6) is 3.37. The average Bonchev–Trinajstić information content (AvgIpc) is 3.53. The van der Waals surface area contributed by atoms with Crippen LogP contribution in [-0.2, 0) is 13.5 Å². The number of methoxy groups -OCH3 is 2. The molecule has 4 nitrogen and oxygen atoms in total. The van der Waals surface area contributed by atoms with E-state index in [0.717, 1.165) is 29.4 Å². The Morgan fingerprint density at radius 2 is 1.06 bits per heavy atom. The van der Waals surface area contributed by atoms with Gasteiger partial charge in [-0.25, -0.2) is 0 Å². The third-order valence-corrected chi connectivity index (χ3v) is 10.4. The first kappa shape index (κ1) is 37.2. The molecule has 0 bridgehead atoms. The molecule has 1 fully saturated rings. The van der Waals surface area contributed by atoms with Crippen LogP contribution in [0.5, 0.6) is 11.5 Å². The van der Waals surface area contributed by atoms with E-state index in [4.69, 9.17) is 28.9 Å². The van der Waals surface area contributed by atoms with E-state index in [1.807, 2.05) is 34.9 Å². The van der Waals surface area contributed by atoms with Crippen LogP contribution >= 0.6 is 19.4 Å². The Kier molecular flexibility index (Phi) is 13.2. The summed E-state index contributed by atoms with van der Waals surface area (Å²) >= 11 is -1.91. The zero-order valence-electron chi connectivity index (χ0n) is 29.5. The zero-order chi connectivity index (χ0) is 34.4. The number of rotatable bonds is 9. The topological polar surface area (TPSA) is 24.9 Å². The fourth-order valence-electron chi connectivity index (χ4n) is 6.30. The zero-order valence-corrected chi connectivity index (χ0v) is 32.7. The molecule has 0 aromatic heterocycles. The molecule has 4 aromatic carbocycles. The van der Waals surface area contributed by atoms with Crippen molar-refractivity contribution in [1.29, 1.82) is 0 Å². The predicted molar refractivity (Wildman–Crippen MR) is 201 cm³/mol. The molecule has 254 valence electrons. The van der Waals surface area contributed by atoms with Crippen molar-refractivity contribution in [2.75, 3.05) is 37.1 Å². The van der Waals surface area contributed by atoms with Crippen molar-refractivity contribution in [3.05, 3.63) is 101 Å². The molecule has 0 aliphatic carbocycles. The SMILES string of the molecule is CC(C)c1cccc(C(C)C)c1N1[C]N(c2c(C(C)C)cccc2C(C)C)CC1.COc1c([CH]=[Ru]([Cl])[Cl])cc2ccccc2c1OC. The van der Waals surface area contributed by atoms with Crippen molar-refractivity contribution in [3.63, 3.8) is 0 Å². The molecule has 0 amide bonds. The van der Waals surface area contributed by atoms with Gasteiger partial charge in [0.2, 0.25) is 6.67 Å². The van der Waals surface area contributed by atoms with Gasteiger partial charge in [-0.05, 0) is 45.9 Å². The Balaban J connectivity index is 0.000000238. The van der Waals surface area contributed by atoms with Crippen molar-refractivity contribution < 1.29 is 23.0 Å². The molecule has 7 heteroatoms. The average molecular weight is 763 g/mol. The summed E-state index contributed by atoms with van der Waals surface area (Å²) in [6.07, 6.45) is 0. The van der Waals surface area contributed by atoms with Crippen molar-refractivity contribution in [1.82, 2.24) is 0 Å². The van der Waals surface area contributed by atoms with Gasteiger partial charge in [0.1, 0.15) is 0 Å². The van der Waals surface area contributed by atoms with Gasteiger partial charge in [-0.15, -0.1) is 0 Å². The van der Waals surface area contributed by atoms with E-state index in [2.05, 4.69) is 108 Å². The number of hydrogen-bond acceptors (Lipinski definition) is 4. The van der Waals surface area contributed by atoms with Crippen molar-refractivity contribution in [2.24, 2.45) is 0 Å². The molecule has 1 heterocycles. The molecule has 5 rings (SSSR count). The van der Waals surface area contributed by atoms with Crippen molar-refractivity contribution in [3.8, 4) is 11.5 Å². The second-order valence-electron chi connectivity index (χ2n) is 13.2. The molecule has 2 radical (unpaired) electrons. The maximum atomic E-state index is 5.94. The van der Waals surface area contributed by atoms with Gasteiger partial charge in [-0.2, -0.15) is 0 Å². The van der Waals surface area contributed by atoms with Crippen LogP contribution < -0.4 is 19.3 Å². The van der Waals surface area contributed by atoms with E-state index in [-0.39, 0.29) is 0 Å². The number of halogens is 2. The van der Waals surface area contributed by atoms with Gasteiger partial charge >= 0.3 is 119 Å². The summed E-state index contributed by atoms with van der Waals surface area (Å²) in [5, 5.41) is 2.09. The van der Waals surface area contributed by atoms with Gasteiger partial charge in [-0.1, -0.05) is 91.8 Å². The summed E-state index contributed by atoms with van der Waals surface area (Å²) in [7, 11) is 15.1. The Hall–Kier alpha value is -2.59. The number of fused-ring (bicyclic) bond motifs is 1. The van der Waals surface area contributed by atoms with E-state index in [1.165, 1.54) is 33.6 Å². The first-order valence-electron chi connectivity index (χ1n) is 16.4. The third kappa shape index (κ3) is 8.53. The Morgan fingerprint density at radius 3 is 1.45 bits per heavy atom. The van der Waals surface area contributed by atoms with Crippen LogP contribution in [0.25, 0.3) is 10.8 Å². The van der Waals surface area contributed by atoms with Crippen LogP contribution in [0.1, 0.15) is 107 Å². The quantitative estimate of drug-likeness (QED) is 0.159. The minimum atomic E-state index is -1.91. The van der Waals surface area contributed by atoms with Gasteiger partial charge in [0.25, 0.3) is 0 Å². The van der Waals surface area contributed by atoms with E-state index in [1.54, 1.807) is 14.2 Å². The molecule has 1 aliphatic rings. The number of nitrogens with zero attached hydrogens (tertiary/aromatic N) is 2. The van der Waals surface area contributed by atoms with Crippen molar-refractivity contribution >= 4 is 46.1 Å². The molecule has 1 saturated heterocycles. The Labute approximate surface area is 296 Å². The number of para-hydroxylation sites is 2. The van der Waals surface area contributed by atoms with Crippen LogP contribution in [0, 0.1) is 6.67 Å². The molecular weight excluding hydrogens is 712 g/mol. The summed E-state index contributed by atoms with van der Waals surface area (Å²) in [6, 6.07) is 23.6. The molecule has 0 unspecified atom stereocenters. The molecule has 0 saturated carbocycles. The normalized spacial score (nSPS) is 13.5. The van der Waals surface area contributed by atoms with Gasteiger partial charge < -0.3 is 9.80 Å². The van der Waals surface area contributed by atoms with Crippen molar-refractivity contribution in [2.45, 2.75) is 79.1 Å². The first-order chi connectivity index (χ1) is 22.4.